The minimum absolute atomic E-state index is 0.166. The third-order valence-corrected chi connectivity index (χ3v) is 4.95. The van der Waals surface area contributed by atoms with Gasteiger partial charge in [-0.2, -0.15) is 5.10 Å². The molecule has 2 aliphatic rings. The van der Waals surface area contributed by atoms with E-state index in [4.69, 9.17) is 4.74 Å². The van der Waals surface area contributed by atoms with E-state index in [1.165, 1.54) is 0 Å². The zero-order chi connectivity index (χ0) is 18.8. The molecule has 4 rings (SSSR count). The summed E-state index contributed by atoms with van der Waals surface area (Å²) in [6.45, 7) is 4.35. The predicted molar refractivity (Wildman–Crippen MR) is 104 cm³/mol. The van der Waals surface area contributed by atoms with Crippen LogP contribution in [0.25, 0.3) is 5.69 Å². The SMILES string of the molecule is CC1CC(OC2=NNC(c3ccc(-n4cccn4)cc3O)C=C2)CC(C)N1. The molecule has 7 heteroatoms. The summed E-state index contributed by atoms with van der Waals surface area (Å²) < 4.78 is 7.75. The summed E-state index contributed by atoms with van der Waals surface area (Å²) in [7, 11) is 0. The van der Waals surface area contributed by atoms with Crippen LogP contribution in [0, 0.1) is 0 Å². The van der Waals surface area contributed by atoms with Gasteiger partial charge in [-0.1, -0.05) is 12.1 Å². The van der Waals surface area contributed by atoms with Crippen LogP contribution in [0.15, 0.2) is 53.9 Å². The van der Waals surface area contributed by atoms with Crippen LogP contribution < -0.4 is 10.7 Å². The van der Waals surface area contributed by atoms with Crippen molar-refractivity contribution in [2.75, 3.05) is 0 Å². The first-order valence-electron chi connectivity index (χ1n) is 9.35. The molecule has 0 saturated carbocycles. The number of hydrogen-bond acceptors (Lipinski definition) is 6. The van der Waals surface area contributed by atoms with E-state index in [1.54, 1.807) is 16.9 Å². The molecule has 3 atom stereocenters. The first kappa shape index (κ1) is 17.6. The van der Waals surface area contributed by atoms with Crippen LogP contribution in [0.1, 0.15) is 38.3 Å². The van der Waals surface area contributed by atoms with E-state index in [2.05, 4.69) is 34.8 Å². The molecule has 2 aliphatic heterocycles. The van der Waals surface area contributed by atoms with Crippen LogP contribution in [-0.4, -0.2) is 39.0 Å². The average Bonchev–Trinajstić information content (AvgIpc) is 3.16. The van der Waals surface area contributed by atoms with Crippen molar-refractivity contribution in [3.05, 3.63) is 54.4 Å². The van der Waals surface area contributed by atoms with Crippen LogP contribution in [-0.2, 0) is 4.74 Å². The number of hydrogen-bond donors (Lipinski definition) is 3. The second kappa shape index (κ2) is 7.44. The van der Waals surface area contributed by atoms with Gasteiger partial charge in [-0.25, -0.2) is 4.68 Å². The molecule has 142 valence electrons. The number of phenolic OH excluding ortho intramolecular Hbond substituents is 1. The van der Waals surface area contributed by atoms with Gasteiger partial charge in [0.25, 0.3) is 0 Å². The normalized spacial score (nSPS) is 27.7. The first-order chi connectivity index (χ1) is 13.1. The van der Waals surface area contributed by atoms with Crippen molar-refractivity contribution in [2.24, 2.45) is 5.10 Å². The summed E-state index contributed by atoms with van der Waals surface area (Å²) in [4.78, 5) is 0. The minimum Gasteiger partial charge on any atom is -0.507 e. The Hall–Kier alpha value is -2.80. The van der Waals surface area contributed by atoms with Gasteiger partial charge >= 0.3 is 0 Å². The van der Waals surface area contributed by atoms with Gasteiger partial charge in [-0.05, 0) is 38.8 Å². The summed E-state index contributed by atoms with van der Waals surface area (Å²) in [6.07, 6.45) is 9.48. The molecule has 7 nitrogen and oxygen atoms in total. The standard InChI is InChI=1S/C20H25N5O2/c1-13-10-16(11-14(2)22-13)27-20-7-6-18(23-24-20)17-5-4-15(12-19(17)26)25-9-3-8-21-25/h3-9,12-14,16,18,22-23,26H,10-11H2,1-2H3. The van der Waals surface area contributed by atoms with E-state index in [9.17, 15) is 5.11 Å². The molecule has 3 heterocycles. The molecule has 27 heavy (non-hydrogen) atoms. The topological polar surface area (TPSA) is 83.7 Å². The maximum atomic E-state index is 10.4. The highest BCUT2D eigenvalue weighted by Crippen LogP contribution is 2.29. The molecular weight excluding hydrogens is 342 g/mol. The third kappa shape index (κ3) is 3.98. The van der Waals surface area contributed by atoms with Crippen molar-refractivity contribution in [2.45, 2.75) is 50.9 Å². The lowest BCUT2D eigenvalue weighted by atomic mass is 9.98. The molecule has 1 fully saturated rings. The Morgan fingerprint density at radius 1 is 1.22 bits per heavy atom. The van der Waals surface area contributed by atoms with Crippen molar-refractivity contribution in [1.29, 1.82) is 0 Å². The second-order valence-electron chi connectivity index (χ2n) is 7.29. The van der Waals surface area contributed by atoms with E-state index in [1.807, 2.05) is 36.5 Å². The lowest BCUT2D eigenvalue weighted by molar-refractivity contribution is 0.113. The Labute approximate surface area is 158 Å². The van der Waals surface area contributed by atoms with Crippen molar-refractivity contribution >= 4 is 5.90 Å². The van der Waals surface area contributed by atoms with Gasteiger partial charge in [-0.15, -0.1) is 5.10 Å². The Bertz CT molecular complexity index is 836. The van der Waals surface area contributed by atoms with E-state index in [0.717, 1.165) is 24.1 Å². The van der Waals surface area contributed by atoms with Crippen LogP contribution in [0.4, 0.5) is 0 Å². The number of nitrogens with one attached hydrogen (secondary N) is 2. The number of aromatic hydroxyl groups is 1. The first-order valence-corrected chi connectivity index (χ1v) is 9.35. The molecule has 2 aromatic rings. The Balaban J connectivity index is 1.41. The summed E-state index contributed by atoms with van der Waals surface area (Å²) in [5, 5.41) is 22.5. The van der Waals surface area contributed by atoms with Crippen LogP contribution in [0.3, 0.4) is 0 Å². The number of aromatic nitrogens is 2. The van der Waals surface area contributed by atoms with E-state index >= 15 is 0 Å². The van der Waals surface area contributed by atoms with Crippen molar-refractivity contribution in [1.82, 2.24) is 20.5 Å². The van der Waals surface area contributed by atoms with Gasteiger partial charge in [0.1, 0.15) is 11.9 Å². The maximum absolute atomic E-state index is 10.4. The fourth-order valence-electron chi connectivity index (χ4n) is 3.76. The number of rotatable bonds is 3. The number of nitrogens with zero attached hydrogens (tertiary/aromatic N) is 3. The van der Waals surface area contributed by atoms with Gasteiger partial charge in [0.15, 0.2) is 0 Å². The molecule has 0 bridgehead atoms. The number of piperidine rings is 1. The zero-order valence-electron chi connectivity index (χ0n) is 15.5. The number of hydrazone groups is 1. The van der Waals surface area contributed by atoms with Crippen molar-refractivity contribution in [3.8, 4) is 11.4 Å². The fourth-order valence-corrected chi connectivity index (χ4v) is 3.76. The Morgan fingerprint density at radius 2 is 2.04 bits per heavy atom. The van der Waals surface area contributed by atoms with Gasteiger partial charge in [0.2, 0.25) is 5.90 Å². The lowest BCUT2D eigenvalue weighted by Crippen LogP contribution is -2.45. The lowest BCUT2D eigenvalue weighted by Gasteiger charge is -2.33. The van der Waals surface area contributed by atoms with Gasteiger partial charge in [0.05, 0.1) is 11.7 Å². The maximum Gasteiger partial charge on any atom is 0.230 e. The fraction of sp³-hybridized carbons (Fsp3) is 0.400. The van der Waals surface area contributed by atoms with E-state index < -0.39 is 0 Å². The molecule has 3 N–H and O–H groups in total. The molecule has 3 unspecified atom stereocenters. The van der Waals surface area contributed by atoms with Gasteiger partial charge in [0, 0.05) is 42.2 Å². The molecule has 0 radical (unpaired) electrons. The summed E-state index contributed by atoms with van der Waals surface area (Å²) in [5.41, 5.74) is 4.64. The average molecular weight is 367 g/mol. The molecular formula is C20H25N5O2. The zero-order valence-corrected chi connectivity index (χ0v) is 15.5. The number of benzene rings is 1. The monoisotopic (exact) mass is 367 g/mol. The van der Waals surface area contributed by atoms with Crippen molar-refractivity contribution in [3.63, 3.8) is 0 Å². The summed E-state index contributed by atoms with van der Waals surface area (Å²) >= 11 is 0. The summed E-state index contributed by atoms with van der Waals surface area (Å²) in [6, 6.07) is 8.03. The van der Waals surface area contributed by atoms with Gasteiger partial charge in [-0.3, -0.25) is 5.43 Å². The van der Waals surface area contributed by atoms with Crippen LogP contribution >= 0.6 is 0 Å². The number of phenols is 1. The van der Waals surface area contributed by atoms with E-state index in [0.29, 0.717) is 18.0 Å². The number of ether oxygens (including phenoxy) is 1. The smallest absolute Gasteiger partial charge is 0.230 e. The summed E-state index contributed by atoms with van der Waals surface area (Å²) in [5.74, 6) is 0.788. The van der Waals surface area contributed by atoms with E-state index in [-0.39, 0.29) is 17.9 Å². The predicted octanol–water partition coefficient (Wildman–Crippen LogP) is 2.64. The third-order valence-electron chi connectivity index (χ3n) is 4.95. The molecule has 0 aliphatic carbocycles. The quantitative estimate of drug-likeness (QED) is 0.777. The molecule has 1 aromatic carbocycles. The molecule has 1 saturated heterocycles. The Kier molecular flexibility index (Phi) is 4.85. The Morgan fingerprint density at radius 3 is 2.67 bits per heavy atom. The van der Waals surface area contributed by atoms with Crippen molar-refractivity contribution < 1.29 is 9.84 Å². The highest BCUT2D eigenvalue weighted by atomic mass is 16.5. The molecule has 1 aromatic heterocycles. The second-order valence-corrected chi connectivity index (χ2v) is 7.29. The molecule has 0 spiro atoms. The highest BCUT2D eigenvalue weighted by molar-refractivity contribution is 5.88. The minimum atomic E-state index is -0.199. The largest absolute Gasteiger partial charge is 0.507 e. The van der Waals surface area contributed by atoms with Crippen LogP contribution in [0.5, 0.6) is 5.75 Å². The molecule has 0 amide bonds. The highest BCUT2D eigenvalue weighted by Gasteiger charge is 2.26. The van der Waals surface area contributed by atoms with Crippen LogP contribution in [0.2, 0.25) is 0 Å². The van der Waals surface area contributed by atoms with Gasteiger partial charge < -0.3 is 15.2 Å².